The monoisotopic (exact) mass is 287 g/mol. The summed E-state index contributed by atoms with van der Waals surface area (Å²) in [5.41, 5.74) is -0.481. The number of ether oxygens (including phenoxy) is 1. The van der Waals surface area contributed by atoms with Gasteiger partial charge in [-0.15, -0.1) is 23.1 Å². The van der Waals surface area contributed by atoms with E-state index in [1.807, 2.05) is 17.5 Å². The van der Waals surface area contributed by atoms with Gasteiger partial charge in [-0.2, -0.15) is 0 Å². The molecule has 0 bridgehead atoms. The van der Waals surface area contributed by atoms with Gasteiger partial charge in [-0.1, -0.05) is 6.07 Å². The molecule has 2 N–H and O–H groups in total. The molecule has 0 aliphatic carbocycles. The summed E-state index contributed by atoms with van der Waals surface area (Å²) in [6.07, 6.45) is 1.36. The van der Waals surface area contributed by atoms with Crippen molar-refractivity contribution in [3.05, 3.63) is 17.5 Å². The molecule has 1 aromatic heterocycles. The van der Waals surface area contributed by atoms with E-state index < -0.39 is 5.54 Å². The second-order valence-corrected chi connectivity index (χ2v) is 6.54. The Morgan fingerprint density at radius 2 is 2.33 bits per heavy atom. The largest absolute Gasteiger partial charge is 0.394 e. The van der Waals surface area contributed by atoms with E-state index >= 15 is 0 Å². The van der Waals surface area contributed by atoms with Crippen molar-refractivity contribution in [3.8, 4) is 0 Å². The molecule has 0 aromatic carbocycles. The summed E-state index contributed by atoms with van der Waals surface area (Å²) in [6, 6.07) is 3.97. The number of amides is 1. The molecular weight excluding hydrogens is 270 g/mol. The van der Waals surface area contributed by atoms with Crippen molar-refractivity contribution in [3.63, 3.8) is 0 Å². The van der Waals surface area contributed by atoms with Crippen molar-refractivity contribution in [2.45, 2.75) is 22.6 Å². The first-order valence-corrected chi connectivity index (χ1v) is 7.77. The van der Waals surface area contributed by atoms with Crippen LogP contribution in [-0.4, -0.2) is 42.1 Å². The summed E-state index contributed by atoms with van der Waals surface area (Å²) in [5, 5.41) is 14.4. The third-order valence-corrected chi connectivity index (χ3v) is 5.13. The molecule has 4 nitrogen and oxygen atoms in total. The van der Waals surface area contributed by atoms with Gasteiger partial charge in [0.2, 0.25) is 5.91 Å². The van der Waals surface area contributed by atoms with Crippen LogP contribution in [0.25, 0.3) is 0 Å². The lowest BCUT2D eigenvalue weighted by atomic mass is 9.91. The Labute approximate surface area is 115 Å². The first kappa shape index (κ1) is 13.9. The van der Waals surface area contributed by atoms with Gasteiger partial charge in [0.05, 0.1) is 22.1 Å². The van der Waals surface area contributed by atoms with Crippen LogP contribution in [-0.2, 0) is 9.53 Å². The van der Waals surface area contributed by atoms with Gasteiger partial charge in [0, 0.05) is 13.2 Å². The van der Waals surface area contributed by atoms with E-state index in [9.17, 15) is 9.90 Å². The van der Waals surface area contributed by atoms with Crippen molar-refractivity contribution in [1.82, 2.24) is 5.32 Å². The average Bonchev–Trinajstić information content (AvgIpc) is 2.91. The van der Waals surface area contributed by atoms with E-state index in [1.54, 1.807) is 11.3 Å². The van der Waals surface area contributed by atoms with Crippen LogP contribution in [0.4, 0.5) is 0 Å². The topological polar surface area (TPSA) is 58.6 Å². The fraction of sp³-hybridized carbons (Fsp3) is 0.583. The highest BCUT2D eigenvalue weighted by Gasteiger charge is 2.33. The molecule has 1 saturated heterocycles. The van der Waals surface area contributed by atoms with E-state index in [-0.39, 0.29) is 12.5 Å². The van der Waals surface area contributed by atoms with Gasteiger partial charge >= 0.3 is 0 Å². The molecule has 100 valence electrons. The number of hydrogen-bond acceptors (Lipinski definition) is 5. The highest BCUT2D eigenvalue weighted by atomic mass is 32.2. The number of nitrogens with one attached hydrogen (secondary N) is 1. The molecule has 0 unspecified atom stereocenters. The number of thioether (sulfide) groups is 1. The van der Waals surface area contributed by atoms with Crippen LogP contribution < -0.4 is 5.32 Å². The number of carbonyl (C=O) groups excluding carboxylic acids is 1. The van der Waals surface area contributed by atoms with Crippen LogP contribution in [0.3, 0.4) is 0 Å². The summed E-state index contributed by atoms with van der Waals surface area (Å²) in [6.45, 7) is 1.17. The van der Waals surface area contributed by atoms with Crippen molar-refractivity contribution in [1.29, 1.82) is 0 Å². The zero-order valence-electron chi connectivity index (χ0n) is 10.1. The van der Waals surface area contributed by atoms with Crippen LogP contribution in [0.1, 0.15) is 12.8 Å². The number of thiophene rings is 1. The molecule has 1 amide bonds. The van der Waals surface area contributed by atoms with E-state index in [0.717, 1.165) is 4.21 Å². The molecule has 0 atom stereocenters. The molecule has 6 heteroatoms. The quantitative estimate of drug-likeness (QED) is 0.806. The molecule has 1 aliphatic heterocycles. The zero-order chi connectivity index (χ0) is 12.8. The maximum Gasteiger partial charge on any atom is 0.230 e. The highest BCUT2D eigenvalue weighted by Crippen LogP contribution is 2.24. The van der Waals surface area contributed by atoms with E-state index in [4.69, 9.17) is 4.74 Å². The van der Waals surface area contributed by atoms with Gasteiger partial charge in [0.1, 0.15) is 0 Å². The van der Waals surface area contributed by atoms with Gasteiger partial charge < -0.3 is 15.2 Å². The summed E-state index contributed by atoms with van der Waals surface area (Å²) in [7, 11) is 0. The third-order valence-electron chi connectivity index (χ3n) is 3.00. The standard InChI is InChI=1S/C12H17NO3S2/c14-9-12(3-5-16-6-4-12)13-10(15)8-18-11-2-1-7-17-11/h1-2,7,14H,3-6,8-9H2,(H,13,15). The number of rotatable bonds is 5. The lowest BCUT2D eigenvalue weighted by molar-refractivity contribution is -0.122. The molecule has 2 heterocycles. The number of aliphatic hydroxyl groups is 1. The van der Waals surface area contributed by atoms with Gasteiger partial charge in [-0.05, 0) is 24.3 Å². The fourth-order valence-corrected chi connectivity index (χ4v) is 3.48. The highest BCUT2D eigenvalue weighted by molar-refractivity contribution is 8.01. The Morgan fingerprint density at radius 3 is 2.94 bits per heavy atom. The van der Waals surface area contributed by atoms with Crippen molar-refractivity contribution in [2.24, 2.45) is 0 Å². The Balaban J connectivity index is 1.81. The Kier molecular flexibility index (Phi) is 5.05. The molecule has 1 fully saturated rings. The van der Waals surface area contributed by atoms with E-state index in [0.29, 0.717) is 31.8 Å². The van der Waals surface area contributed by atoms with Crippen LogP contribution in [0.5, 0.6) is 0 Å². The molecule has 2 rings (SSSR count). The third kappa shape index (κ3) is 3.71. The Bertz CT molecular complexity index is 375. The first-order chi connectivity index (χ1) is 8.74. The predicted molar refractivity (Wildman–Crippen MR) is 73.1 cm³/mol. The zero-order valence-corrected chi connectivity index (χ0v) is 11.7. The normalized spacial score (nSPS) is 18.5. The Hall–Kier alpha value is -0.560. The first-order valence-electron chi connectivity index (χ1n) is 5.90. The van der Waals surface area contributed by atoms with Crippen molar-refractivity contribution >= 4 is 29.0 Å². The summed E-state index contributed by atoms with van der Waals surface area (Å²) in [5.74, 6) is 0.368. The maximum atomic E-state index is 11.9. The second-order valence-electron chi connectivity index (χ2n) is 4.32. The molecule has 0 spiro atoms. The van der Waals surface area contributed by atoms with Gasteiger partial charge in [-0.25, -0.2) is 0 Å². The van der Waals surface area contributed by atoms with E-state index in [2.05, 4.69) is 5.32 Å². The predicted octanol–water partition coefficient (Wildman–Crippen LogP) is 1.50. The van der Waals surface area contributed by atoms with Gasteiger partial charge in [0.25, 0.3) is 0 Å². The smallest absolute Gasteiger partial charge is 0.230 e. The van der Waals surface area contributed by atoms with Gasteiger partial charge in [-0.3, -0.25) is 4.79 Å². The summed E-state index contributed by atoms with van der Waals surface area (Å²) >= 11 is 3.16. The number of aliphatic hydroxyl groups excluding tert-OH is 1. The SMILES string of the molecule is O=C(CSc1cccs1)NC1(CO)CCOCC1. The molecule has 0 saturated carbocycles. The fourth-order valence-electron chi connectivity index (χ4n) is 1.90. The minimum absolute atomic E-state index is 0.0221. The van der Waals surface area contributed by atoms with Crippen LogP contribution in [0.2, 0.25) is 0 Å². The van der Waals surface area contributed by atoms with E-state index in [1.165, 1.54) is 11.8 Å². The minimum atomic E-state index is -0.481. The van der Waals surface area contributed by atoms with Crippen LogP contribution >= 0.6 is 23.1 Å². The number of hydrogen-bond donors (Lipinski definition) is 2. The van der Waals surface area contributed by atoms with Crippen LogP contribution in [0.15, 0.2) is 21.7 Å². The maximum absolute atomic E-state index is 11.9. The molecular formula is C12H17NO3S2. The summed E-state index contributed by atoms with van der Waals surface area (Å²) in [4.78, 5) is 11.9. The second kappa shape index (κ2) is 6.56. The molecule has 1 aromatic rings. The molecule has 18 heavy (non-hydrogen) atoms. The summed E-state index contributed by atoms with van der Waals surface area (Å²) < 4.78 is 6.40. The lowest BCUT2D eigenvalue weighted by Crippen LogP contribution is -2.55. The van der Waals surface area contributed by atoms with Crippen molar-refractivity contribution < 1.29 is 14.6 Å². The van der Waals surface area contributed by atoms with Crippen LogP contribution in [0, 0.1) is 0 Å². The molecule has 0 radical (unpaired) electrons. The minimum Gasteiger partial charge on any atom is -0.394 e. The van der Waals surface area contributed by atoms with Gasteiger partial charge in [0.15, 0.2) is 0 Å². The van der Waals surface area contributed by atoms with Crippen molar-refractivity contribution in [2.75, 3.05) is 25.6 Å². The number of carbonyl (C=O) groups is 1. The average molecular weight is 287 g/mol. The Morgan fingerprint density at radius 1 is 1.56 bits per heavy atom. The lowest BCUT2D eigenvalue weighted by Gasteiger charge is -2.36. The molecule has 1 aliphatic rings.